The topological polar surface area (TPSA) is 21.1 Å². The van der Waals surface area contributed by atoms with Gasteiger partial charge in [0, 0.05) is 47.9 Å². The average molecular weight is 384 g/mol. The molecule has 3 nitrogen and oxygen atoms in total. The normalized spacial score (nSPS) is 21.6. The predicted octanol–water partition coefficient (Wildman–Crippen LogP) is 4.71. The Kier molecular flexibility index (Phi) is 4.42. The Morgan fingerprint density at radius 1 is 1.21 bits per heavy atom. The molecule has 0 radical (unpaired) electrons. The van der Waals surface area contributed by atoms with Crippen molar-refractivity contribution in [3.05, 3.63) is 64.9 Å². The van der Waals surface area contributed by atoms with Crippen molar-refractivity contribution in [2.24, 2.45) is 5.92 Å². The molecule has 1 fully saturated rings. The van der Waals surface area contributed by atoms with E-state index in [9.17, 15) is 0 Å². The van der Waals surface area contributed by atoms with E-state index in [0.717, 1.165) is 29.8 Å². The summed E-state index contributed by atoms with van der Waals surface area (Å²) < 4.78 is 3.35. The van der Waals surface area contributed by atoms with Gasteiger partial charge in [0.05, 0.1) is 0 Å². The number of benzene rings is 1. The predicted molar refractivity (Wildman–Crippen MR) is 102 cm³/mol. The van der Waals surface area contributed by atoms with Crippen LogP contribution in [0.1, 0.15) is 18.9 Å². The first kappa shape index (κ1) is 15.9. The number of hydrogen-bond acceptors (Lipinski definition) is 2. The van der Waals surface area contributed by atoms with Crippen LogP contribution in [0, 0.1) is 5.92 Å². The van der Waals surface area contributed by atoms with E-state index < -0.39 is 0 Å². The Hall–Kier alpha value is -1.65. The van der Waals surface area contributed by atoms with Crippen LogP contribution < -0.4 is 0 Å². The number of fused-ring (bicyclic) bond motifs is 1. The molecule has 0 saturated carbocycles. The van der Waals surface area contributed by atoms with Gasteiger partial charge < -0.3 is 4.57 Å². The second kappa shape index (κ2) is 6.69. The zero-order valence-corrected chi connectivity index (χ0v) is 15.5. The summed E-state index contributed by atoms with van der Waals surface area (Å²) in [5.41, 5.74) is 2.50. The Morgan fingerprint density at radius 3 is 2.88 bits per heavy atom. The fourth-order valence-electron chi connectivity index (χ4n) is 3.86. The van der Waals surface area contributed by atoms with Crippen molar-refractivity contribution < 1.29 is 0 Å². The van der Waals surface area contributed by atoms with Gasteiger partial charge in [-0.15, -0.1) is 0 Å². The van der Waals surface area contributed by atoms with Crippen LogP contribution in [0.15, 0.2) is 59.3 Å². The van der Waals surface area contributed by atoms with Gasteiger partial charge in [0.15, 0.2) is 0 Å². The van der Waals surface area contributed by atoms with Crippen LogP contribution in [0.4, 0.5) is 0 Å². The highest BCUT2D eigenvalue weighted by atomic mass is 79.9. The summed E-state index contributed by atoms with van der Waals surface area (Å²) in [4.78, 5) is 7.20. The zero-order chi connectivity index (χ0) is 16.5. The first-order valence-corrected chi connectivity index (χ1v) is 9.37. The molecule has 1 aromatic carbocycles. The van der Waals surface area contributed by atoms with Crippen LogP contribution in [0.3, 0.4) is 0 Å². The van der Waals surface area contributed by atoms with Gasteiger partial charge in [-0.05, 0) is 52.9 Å². The maximum Gasteiger partial charge on any atom is 0.139 e. The fraction of sp³-hybridized carbons (Fsp3) is 0.350. The lowest BCUT2D eigenvalue weighted by Crippen LogP contribution is -2.26. The van der Waals surface area contributed by atoms with Crippen LogP contribution in [0.25, 0.3) is 11.0 Å². The van der Waals surface area contributed by atoms with Gasteiger partial charge in [-0.3, -0.25) is 4.90 Å². The van der Waals surface area contributed by atoms with E-state index in [1.807, 2.05) is 6.20 Å². The van der Waals surface area contributed by atoms with E-state index in [1.54, 1.807) is 0 Å². The summed E-state index contributed by atoms with van der Waals surface area (Å²) in [5, 5.41) is 1.21. The van der Waals surface area contributed by atoms with Gasteiger partial charge in [0.25, 0.3) is 0 Å². The summed E-state index contributed by atoms with van der Waals surface area (Å²) in [6, 6.07) is 15.7. The molecule has 4 heteroatoms. The molecule has 124 valence electrons. The molecule has 3 heterocycles. The van der Waals surface area contributed by atoms with Crippen molar-refractivity contribution >= 4 is 27.0 Å². The SMILES string of the molecule is C[C@@H]1C[C@H](Cn2ccc3cc(Br)cnc32)CN1Cc1ccccc1. The highest BCUT2D eigenvalue weighted by molar-refractivity contribution is 9.10. The molecule has 0 N–H and O–H groups in total. The van der Waals surface area contributed by atoms with Crippen molar-refractivity contribution in [1.29, 1.82) is 0 Å². The van der Waals surface area contributed by atoms with Crippen LogP contribution in [-0.2, 0) is 13.1 Å². The number of halogens is 1. The molecule has 24 heavy (non-hydrogen) atoms. The monoisotopic (exact) mass is 383 g/mol. The van der Waals surface area contributed by atoms with E-state index in [-0.39, 0.29) is 0 Å². The second-order valence-corrected chi connectivity index (χ2v) is 7.82. The quantitative estimate of drug-likeness (QED) is 0.650. The minimum atomic E-state index is 0.638. The third-order valence-electron chi connectivity index (χ3n) is 5.04. The maximum absolute atomic E-state index is 4.59. The van der Waals surface area contributed by atoms with Crippen molar-refractivity contribution in [3.8, 4) is 0 Å². The molecule has 2 atom stereocenters. The molecule has 1 aliphatic heterocycles. The number of likely N-dealkylation sites (tertiary alicyclic amines) is 1. The highest BCUT2D eigenvalue weighted by Gasteiger charge is 2.29. The molecule has 3 aromatic rings. The lowest BCUT2D eigenvalue weighted by atomic mass is 10.1. The Labute approximate surface area is 151 Å². The zero-order valence-electron chi connectivity index (χ0n) is 13.9. The molecule has 1 saturated heterocycles. The van der Waals surface area contributed by atoms with E-state index in [1.165, 1.54) is 17.4 Å². The maximum atomic E-state index is 4.59. The number of nitrogens with zero attached hydrogens (tertiary/aromatic N) is 3. The van der Waals surface area contributed by atoms with Crippen molar-refractivity contribution in [3.63, 3.8) is 0 Å². The smallest absolute Gasteiger partial charge is 0.139 e. The molecule has 1 aliphatic rings. The molecular weight excluding hydrogens is 362 g/mol. The third kappa shape index (κ3) is 3.26. The molecular formula is C20H22BrN3. The lowest BCUT2D eigenvalue weighted by molar-refractivity contribution is 0.253. The van der Waals surface area contributed by atoms with Gasteiger partial charge >= 0.3 is 0 Å². The molecule has 2 aromatic heterocycles. The summed E-state index contributed by atoms with van der Waals surface area (Å²) in [6.07, 6.45) is 5.31. The van der Waals surface area contributed by atoms with Crippen molar-refractivity contribution in [2.75, 3.05) is 6.54 Å². The Morgan fingerprint density at radius 2 is 2.04 bits per heavy atom. The van der Waals surface area contributed by atoms with Gasteiger partial charge in [-0.25, -0.2) is 4.98 Å². The largest absolute Gasteiger partial charge is 0.332 e. The van der Waals surface area contributed by atoms with Crippen molar-refractivity contribution in [1.82, 2.24) is 14.5 Å². The standard InChI is InChI=1S/C20H22BrN3/c1-15-9-17(14-24(15)12-16-5-3-2-4-6-16)13-23-8-7-18-10-19(21)11-22-20(18)23/h2-8,10-11,15,17H,9,12-14H2,1H3/t15-,17-/m1/s1. The molecule has 0 amide bonds. The third-order valence-corrected chi connectivity index (χ3v) is 5.48. The molecule has 0 spiro atoms. The molecule has 4 rings (SSSR count). The summed E-state index contributed by atoms with van der Waals surface area (Å²) in [5.74, 6) is 0.685. The first-order chi connectivity index (χ1) is 11.7. The lowest BCUT2D eigenvalue weighted by Gasteiger charge is -2.21. The van der Waals surface area contributed by atoms with Gasteiger partial charge in [-0.1, -0.05) is 30.3 Å². The summed E-state index contributed by atoms with van der Waals surface area (Å²) in [7, 11) is 0. The number of pyridine rings is 1. The van der Waals surface area contributed by atoms with E-state index in [4.69, 9.17) is 0 Å². The Bertz CT molecular complexity index is 827. The van der Waals surface area contributed by atoms with E-state index in [0.29, 0.717) is 12.0 Å². The molecule has 0 aliphatic carbocycles. The van der Waals surface area contributed by atoms with Crippen LogP contribution >= 0.6 is 15.9 Å². The van der Waals surface area contributed by atoms with Gasteiger partial charge in [-0.2, -0.15) is 0 Å². The van der Waals surface area contributed by atoms with Crippen LogP contribution in [0.2, 0.25) is 0 Å². The van der Waals surface area contributed by atoms with Gasteiger partial charge in [0.1, 0.15) is 5.65 Å². The summed E-state index contributed by atoms with van der Waals surface area (Å²) in [6.45, 7) is 5.61. The average Bonchev–Trinajstić information content (AvgIpc) is 3.12. The van der Waals surface area contributed by atoms with Gasteiger partial charge in [0.2, 0.25) is 0 Å². The summed E-state index contributed by atoms with van der Waals surface area (Å²) >= 11 is 3.50. The van der Waals surface area contributed by atoms with Crippen LogP contribution in [-0.4, -0.2) is 27.0 Å². The molecule has 0 bridgehead atoms. The number of hydrogen-bond donors (Lipinski definition) is 0. The fourth-order valence-corrected chi connectivity index (χ4v) is 4.21. The highest BCUT2D eigenvalue weighted by Crippen LogP contribution is 2.27. The molecule has 0 unspecified atom stereocenters. The van der Waals surface area contributed by atoms with Crippen molar-refractivity contribution in [2.45, 2.75) is 32.5 Å². The van der Waals surface area contributed by atoms with E-state index in [2.05, 4.69) is 86.0 Å². The van der Waals surface area contributed by atoms with E-state index >= 15 is 0 Å². The first-order valence-electron chi connectivity index (χ1n) is 8.57. The number of rotatable bonds is 4. The Balaban J connectivity index is 1.46. The minimum absolute atomic E-state index is 0.638. The second-order valence-electron chi connectivity index (χ2n) is 6.90. The number of aromatic nitrogens is 2. The minimum Gasteiger partial charge on any atom is -0.332 e. The van der Waals surface area contributed by atoms with Crippen LogP contribution in [0.5, 0.6) is 0 Å².